The molecule has 0 radical (unpaired) electrons. The third kappa shape index (κ3) is 3.74. The number of nitrogens with one attached hydrogen (secondary N) is 2. The van der Waals surface area contributed by atoms with Gasteiger partial charge in [0, 0.05) is 18.7 Å². The van der Waals surface area contributed by atoms with Gasteiger partial charge in [0.2, 0.25) is 0 Å². The summed E-state index contributed by atoms with van der Waals surface area (Å²) in [6, 6.07) is 0. The number of hydrogen-bond acceptors (Lipinski definition) is 2. The molecule has 0 bridgehead atoms. The molecule has 2 atom stereocenters. The van der Waals surface area contributed by atoms with Gasteiger partial charge in [-0.2, -0.15) is 5.10 Å². The predicted octanol–water partition coefficient (Wildman–Crippen LogP) is 2.53. The zero-order valence-corrected chi connectivity index (χ0v) is 11.5. The second-order valence-corrected chi connectivity index (χ2v) is 5.44. The van der Waals surface area contributed by atoms with Gasteiger partial charge < -0.3 is 5.32 Å². The van der Waals surface area contributed by atoms with Crippen molar-refractivity contribution < 1.29 is 0 Å². The van der Waals surface area contributed by atoms with Crippen LogP contribution in [0.3, 0.4) is 0 Å². The zero-order chi connectivity index (χ0) is 12.1. The number of hydrogen-bond donors (Lipinski definition) is 2. The van der Waals surface area contributed by atoms with Gasteiger partial charge in [0.25, 0.3) is 0 Å². The van der Waals surface area contributed by atoms with Crippen molar-refractivity contribution in [1.82, 2.24) is 10.7 Å². The predicted molar refractivity (Wildman–Crippen MR) is 73.6 cm³/mol. The lowest BCUT2D eigenvalue weighted by Gasteiger charge is -2.30. The first-order valence-corrected chi connectivity index (χ1v) is 6.49. The normalized spacial score (nSPS) is 28.2. The first kappa shape index (κ1) is 13.4. The van der Waals surface area contributed by atoms with Gasteiger partial charge >= 0.3 is 0 Å². The molecule has 1 rings (SSSR count). The smallest absolute Gasteiger partial charge is 0.186 e. The minimum absolute atomic E-state index is 0.591. The number of hydrazone groups is 1. The van der Waals surface area contributed by atoms with Gasteiger partial charge in [0.05, 0.1) is 0 Å². The Morgan fingerprint density at radius 3 is 2.69 bits per heavy atom. The lowest BCUT2D eigenvalue weighted by Crippen LogP contribution is -2.33. The highest BCUT2D eigenvalue weighted by Crippen LogP contribution is 2.31. The maximum atomic E-state index is 5.03. The van der Waals surface area contributed by atoms with E-state index >= 15 is 0 Å². The molecule has 92 valence electrons. The number of nitrogens with zero attached hydrogens (tertiary/aromatic N) is 1. The van der Waals surface area contributed by atoms with Gasteiger partial charge in [-0.3, -0.25) is 5.43 Å². The zero-order valence-electron chi connectivity index (χ0n) is 10.7. The molecule has 3 nitrogen and oxygen atoms in total. The second-order valence-electron chi connectivity index (χ2n) is 5.03. The topological polar surface area (TPSA) is 36.4 Å². The van der Waals surface area contributed by atoms with Crippen LogP contribution in [0.4, 0.5) is 0 Å². The van der Waals surface area contributed by atoms with Gasteiger partial charge in [0.1, 0.15) is 0 Å². The van der Waals surface area contributed by atoms with E-state index in [0.29, 0.717) is 16.9 Å². The summed E-state index contributed by atoms with van der Waals surface area (Å²) < 4.78 is 0. The van der Waals surface area contributed by atoms with Gasteiger partial charge in [-0.05, 0) is 43.3 Å². The first-order chi connectivity index (χ1) is 7.54. The fourth-order valence-corrected chi connectivity index (χ4v) is 2.31. The van der Waals surface area contributed by atoms with Crippen LogP contribution in [0.2, 0.25) is 0 Å². The Labute approximate surface area is 104 Å². The molecule has 1 aliphatic carbocycles. The highest BCUT2D eigenvalue weighted by atomic mass is 32.1. The van der Waals surface area contributed by atoms with Crippen LogP contribution < -0.4 is 10.7 Å². The molecule has 0 amide bonds. The molecular formula is C12H23N3S. The van der Waals surface area contributed by atoms with E-state index in [1.165, 1.54) is 18.6 Å². The first-order valence-electron chi connectivity index (χ1n) is 6.08. The van der Waals surface area contributed by atoms with Crippen molar-refractivity contribution in [2.24, 2.45) is 22.9 Å². The molecule has 0 heterocycles. The average Bonchev–Trinajstić information content (AvgIpc) is 2.25. The second kappa shape index (κ2) is 6.18. The Kier molecular flexibility index (Phi) is 5.19. The van der Waals surface area contributed by atoms with Crippen molar-refractivity contribution in [2.45, 2.75) is 40.0 Å². The Morgan fingerprint density at radius 2 is 2.12 bits per heavy atom. The summed E-state index contributed by atoms with van der Waals surface area (Å²) in [5, 5.41) is 7.93. The third-order valence-corrected chi connectivity index (χ3v) is 3.58. The number of rotatable bonds is 2. The van der Waals surface area contributed by atoms with E-state index in [0.717, 1.165) is 12.3 Å². The van der Waals surface area contributed by atoms with Crippen molar-refractivity contribution in [3.63, 3.8) is 0 Å². The molecule has 2 N–H and O–H groups in total. The summed E-state index contributed by atoms with van der Waals surface area (Å²) in [7, 11) is 1.80. The molecule has 1 aliphatic rings. The van der Waals surface area contributed by atoms with Crippen molar-refractivity contribution in [3.8, 4) is 0 Å². The van der Waals surface area contributed by atoms with Crippen molar-refractivity contribution in [1.29, 1.82) is 0 Å². The molecule has 0 aliphatic heterocycles. The lowest BCUT2D eigenvalue weighted by atomic mass is 9.76. The molecule has 1 fully saturated rings. The van der Waals surface area contributed by atoms with E-state index in [4.69, 9.17) is 12.2 Å². The third-order valence-electron chi connectivity index (χ3n) is 3.29. The molecule has 0 aromatic heterocycles. The van der Waals surface area contributed by atoms with Crippen LogP contribution >= 0.6 is 12.2 Å². The van der Waals surface area contributed by atoms with E-state index in [9.17, 15) is 0 Å². The SMILES string of the molecule is CNC(=S)N/N=C1/C[C@H](C)CC[C@@H]1C(C)C. The van der Waals surface area contributed by atoms with E-state index in [2.05, 4.69) is 36.6 Å². The molecule has 0 unspecified atom stereocenters. The minimum Gasteiger partial charge on any atom is -0.364 e. The Bertz CT molecular complexity index is 273. The fourth-order valence-electron chi connectivity index (χ4n) is 2.27. The highest BCUT2D eigenvalue weighted by molar-refractivity contribution is 7.80. The summed E-state index contributed by atoms with van der Waals surface area (Å²) in [6.07, 6.45) is 3.67. The molecule has 0 aromatic carbocycles. The van der Waals surface area contributed by atoms with Crippen LogP contribution in [0.25, 0.3) is 0 Å². The standard InChI is InChI=1S/C12H23N3S/c1-8(2)10-6-5-9(3)7-11(10)14-15-12(16)13-4/h8-10H,5-7H2,1-4H3,(H2,13,15,16)/b14-11-/t9-,10-/m1/s1. The molecule has 0 spiro atoms. The van der Waals surface area contributed by atoms with Crippen molar-refractivity contribution >= 4 is 23.0 Å². The molecule has 1 saturated carbocycles. The van der Waals surface area contributed by atoms with Crippen LogP contribution in [0.15, 0.2) is 5.10 Å². The minimum atomic E-state index is 0.591. The maximum Gasteiger partial charge on any atom is 0.186 e. The largest absolute Gasteiger partial charge is 0.364 e. The van der Waals surface area contributed by atoms with E-state index < -0.39 is 0 Å². The van der Waals surface area contributed by atoms with E-state index in [1.54, 1.807) is 7.05 Å². The van der Waals surface area contributed by atoms with Gasteiger partial charge in [-0.15, -0.1) is 0 Å². The van der Waals surface area contributed by atoms with Crippen LogP contribution in [-0.4, -0.2) is 17.9 Å². The fraction of sp³-hybridized carbons (Fsp3) is 0.833. The van der Waals surface area contributed by atoms with Gasteiger partial charge in [-0.25, -0.2) is 0 Å². The molecule has 0 aromatic rings. The van der Waals surface area contributed by atoms with E-state index in [1.807, 2.05) is 0 Å². The molecule has 0 saturated heterocycles. The molecular weight excluding hydrogens is 218 g/mol. The average molecular weight is 241 g/mol. The quantitative estimate of drug-likeness (QED) is 0.576. The van der Waals surface area contributed by atoms with Crippen LogP contribution in [0, 0.1) is 17.8 Å². The summed E-state index contributed by atoms with van der Waals surface area (Å²) in [5.74, 6) is 2.03. The number of thiocarbonyl (C=S) groups is 1. The van der Waals surface area contributed by atoms with Crippen molar-refractivity contribution in [3.05, 3.63) is 0 Å². The highest BCUT2D eigenvalue weighted by Gasteiger charge is 2.26. The Morgan fingerprint density at radius 1 is 1.44 bits per heavy atom. The monoisotopic (exact) mass is 241 g/mol. The summed E-state index contributed by atoms with van der Waals surface area (Å²) in [6.45, 7) is 6.83. The maximum absolute atomic E-state index is 5.03. The Balaban J connectivity index is 2.67. The van der Waals surface area contributed by atoms with Crippen molar-refractivity contribution in [2.75, 3.05) is 7.05 Å². The molecule has 4 heteroatoms. The molecule has 16 heavy (non-hydrogen) atoms. The summed E-state index contributed by atoms with van der Waals surface area (Å²) in [4.78, 5) is 0. The van der Waals surface area contributed by atoms with Crippen LogP contribution in [-0.2, 0) is 0 Å². The van der Waals surface area contributed by atoms with Crippen LogP contribution in [0.5, 0.6) is 0 Å². The van der Waals surface area contributed by atoms with E-state index in [-0.39, 0.29) is 0 Å². The Hall–Kier alpha value is -0.640. The summed E-state index contributed by atoms with van der Waals surface area (Å²) in [5.41, 5.74) is 4.20. The van der Waals surface area contributed by atoms with Crippen LogP contribution in [0.1, 0.15) is 40.0 Å². The van der Waals surface area contributed by atoms with Gasteiger partial charge in [0.15, 0.2) is 5.11 Å². The van der Waals surface area contributed by atoms with Gasteiger partial charge in [-0.1, -0.05) is 20.8 Å². The lowest BCUT2D eigenvalue weighted by molar-refractivity contribution is 0.363. The summed E-state index contributed by atoms with van der Waals surface area (Å²) >= 11 is 5.03.